The Morgan fingerprint density at radius 3 is 0.738 bits per heavy atom. The largest absolute Gasteiger partial charge is 0.294 e. The zero-order valence-electron chi connectivity index (χ0n) is 43.4. The van der Waals surface area contributed by atoms with Crippen LogP contribution in [-0.2, 0) is 0 Å². The van der Waals surface area contributed by atoms with Gasteiger partial charge in [-0.15, -0.1) is 0 Å². The standard InChI is InChI=1S/C74H48N6/c1-5-23-49(24-6-1)63-43-55(44-64(75-63)50-25-7-2-8-26-50)67-41-53(42-68(77-67)56-45-65(51-27-9-3-10-28-51)76-66(46-56)52-29-11-4-12-30-52)57-31-13-14-32-58(57)54-47-73(79-69-37-19-15-33-59(69)60-34-16-20-38-70(60)79)78-74(48-54)80-71-39-21-17-35-61(71)62-36-18-22-40-72(62)80/h1-48H. The summed E-state index contributed by atoms with van der Waals surface area (Å²) in [4.78, 5) is 22.0. The molecule has 0 saturated heterocycles. The van der Waals surface area contributed by atoms with E-state index in [1.165, 1.54) is 21.5 Å². The predicted molar refractivity (Wildman–Crippen MR) is 330 cm³/mol. The second-order valence-electron chi connectivity index (χ2n) is 20.2. The van der Waals surface area contributed by atoms with Crippen molar-refractivity contribution in [1.29, 1.82) is 0 Å². The van der Waals surface area contributed by atoms with Crippen molar-refractivity contribution in [2.24, 2.45) is 0 Å². The molecule has 0 fully saturated rings. The van der Waals surface area contributed by atoms with E-state index in [4.69, 9.17) is 19.9 Å². The van der Waals surface area contributed by atoms with Gasteiger partial charge in [-0.25, -0.2) is 19.9 Å². The van der Waals surface area contributed by atoms with Crippen LogP contribution in [0.4, 0.5) is 0 Å². The van der Waals surface area contributed by atoms with Crippen LogP contribution in [0.2, 0.25) is 0 Å². The van der Waals surface area contributed by atoms with Crippen molar-refractivity contribution in [3.8, 4) is 101 Å². The van der Waals surface area contributed by atoms with Gasteiger partial charge in [0, 0.05) is 54.9 Å². The lowest BCUT2D eigenvalue weighted by molar-refractivity contribution is 1.01. The molecule has 0 aliphatic carbocycles. The molecule has 0 amide bonds. The Hall–Kier alpha value is -10.8. The molecule has 0 atom stereocenters. The number of benzene rings is 9. The molecule has 6 heteroatoms. The van der Waals surface area contributed by atoms with Crippen molar-refractivity contribution < 1.29 is 0 Å². The van der Waals surface area contributed by atoms with E-state index < -0.39 is 0 Å². The van der Waals surface area contributed by atoms with Gasteiger partial charge in [0.15, 0.2) is 0 Å². The summed E-state index contributed by atoms with van der Waals surface area (Å²) >= 11 is 0. The summed E-state index contributed by atoms with van der Waals surface area (Å²) in [5.41, 5.74) is 19.6. The van der Waals surface area contributed by atoms with Crippen molar-refractivity contribution in [1.82, 2.24) is 29.1 Å². The highest BCUT2D eigenvalue weighted by atomic mass is 15.1. The number of aromatic nitrogens is 6. The molecule has 0 radical (unpaired) electrons. The predicted octanol–water partition coefficient (Wildman–Crippen LogP) is 18.8. The Morgan fingerprint density at radius 1 is 0.188 bits per heavy atom. The zero-order chi connectivity index (χ0) is 52.9. The second-order valence-corrected chi connectivity index (χ2v) is 20.2. The molecular weight excluding hydrogens is 973 g/mol. The normalized spacial score (nSPS) is 11.5. The summed E-state index contributed by atoms with van der Waals surface area (Å²) in [7, 11) is 0. The second kappa shape index (κ2) is 19.6. The van der Waals surface area contributed by atoms with Crippen LogP contribution in [0.5, 0.6) is 0 Å². The highest BCUT2D eigenvalue weighted by Crippen LogP contribution is 2.42. The highest BCUT2D eigenvalue weighted by Gasteiger charge is 2.22. The maximum Gasteiger partial charge on any atom is 0.140 e. The molecular formula is C74H48N6. The SMILES string of the molecule is c1ccc(-c2cc(-c3cc(-c4ccccc4-c4cc(-n5c6ccccc6c6ccccc65)nc(-n5c6ccccc6c6ccccc65)c4)cc(-c4cc(-c5ccccc5)nc(-c5ccccc5)c4)n3)cc(-c3ccccc3)n2)cc1. The van der Waals surface area contributed by atoms with E-state index in [1.807, 2.05) is 24.3 Å². The van der Waals surface area contributed by atoms with E-state index in [2.05, 4.69) is 276 Å². The first-order valence-corrected chi connectivity index (χ1v) is 27.0. The number of para-hydroxylation sites is 4. The number of fused-ring (bicyclic) bond motifs is 6. The van der Waals surface area contributed by atoms with Gasteiger partial charge in [-0.05, 0) is 95.1 Å². The molecule has 0 aliphatic heterocycles. The van der Waals surface area contributed by atoms with Crippen LogP contribution in [0.25, 0.3) is 145 Å². The molecule has 6 aromatic heterocycles. The summed E-state index contributed by atoms with van der Waals surface area (Å²) in [6.07, 6.45) is 0. The fourth-order valence-corrected chi connectivity index (χ4v) is 11.6. The van der Waals surface area contributed by atoms with Gasteiger partial charge >= 0.3 is 0 Å². The van der Waals surface area contributed by atoms with Gasteiger partial charge in [0.25, 0.3) is 0 Å². The third kappa shape index (κ3) is 8.31. The smallest absolute Gasteiger partial charge is 0.140 e. The summed E-state index contributed by atoms with van der Waals surface area (Å²) in [5.74, 6) is 1.64. The minimum atomic E-state index is 0.815. The first kappa shape index (κ1) is 46.5. The highest BCUT2D eigenvalue weighted by molar-refractivity contribution is 6.10. The van der Waals surface area contributed by atoms with E-state index in [0.29, 0.717) is 0 Å². The van der Waals surface area contributed by atoms with Crippen LogP contribution in [0.3, 0.4) is 0 Å². The third-order valence-electron chi connectivity index (χ3n) is 15.3. The molecule has 15 aromatic rings. The van der Waals surface area contributed by atoms with Gasteiger partial charge < -0.3 is 0 Å². The average molecular weight is 1020 g/mol. The quantitative estimate of drug-likeness (QED) is 0.137. The number of nitrogens with zero attached hydrogens (tertiary/aromatic N) is 6. The summed E-state index contributed by atoms with van der Waals surface area (Å²) < 4.78 is 4.65. The molecule has 0 spiro atoms. The Balaban J connectivity index is 1.00. The molecule has 0 N–H and O–H groups in total. The fourth-order valence-electron chi connectivity index (χ4n) is 11.6. The topological polar surface area (TPSA) is 61.4 Å². The van der Waals surface area contributed by atoms with E-state index in [1.54, 1.807) is 0 Å². The van der Waals surface area contributed by atoms with Crippen LogP contribution < -0.4 is 0 Å². The summed E-state index contributed by atoms with van der Waals surface area (Å²) in [6, 6.07) is 103. The summed E-state index contributed by atoms with van der Waals surface area (Å²) in [6.45, 7) is 0. The van der Waals surface area contributed by atoms with Crippen LogP contribution >= 0.6 is 0 Å². The van der Waals surface area contributed by atoms with Crippen molar-refractivity contribution in [3.05, 3.63) is 291 Å². The van der Waals surface area contributed by atoms with E-state index >= 15 is 0 Å². The molecule has 0 saturated carbocycles. The molecule has 6 nitrogen and oxygen atoms in total. The van der Waals surface area contributed by atoms with Gasteiger partial charge in [0.2, 0.25) is 0 Å². The Bertz CT molecular complexity index is 4310. The molecule has 6 heterocycles. The van der Waals surface area contributed by atoms with Crippen molar-refractivity contribution >= 4 is 43.6 Å². The van der Waals surface area contributed by atoms with Crippen LogP contribution in [0.15, 0.2) is 291 Å². The number of rotatable bonds is 10. The molecule has 0 bridgehead atoms. The molecule has 9 aromatic carbocycles. The van der Waals surface area contributed by atoms with Gasteiger partial charge in [-0.3, -0.25) is 9.13 Å². The lowest BCUT2D eigenvalue weighted by atomic mass is 9.92. The molecule has 15 rings (SSSR count). The van der Waals surface area contributed by atoms with Gasteiger partial charge in [-0.2, -0.15) is 0 Å². The zero-order valence-corrected chi connectivity index (χ0v) is 43.4. The monoisotopic (exact) mass is 1020 g/mol. The van der Waals surface area contributed by atoms with E-state index in [9.17, 15) is 0 Å². The number of hydrogen-bond donors (Lipinski definition) is 0. The Labute approximate surface area is 462 Å². The number of hydrogen-bond acceptors (Lipinski definition) is 4. The van der Waals surface area contributed by atoms with E-state index in [-0.39, 0.29) is 0 Å². The third-order valence-corrected chi connectivity index (χ3v) is 15.3. The lowest BCUT2D eigenvalue weighted by Gasteiger charge is -2.18. The van der Waals surface area contributed by atoms with Crippen LogP contribution in [0, 0.1) is 0 Å². The van der Waals surface area contributed by atoms with Crippen molar-refractivity contribution in [3.63, 3.8) is 0 Å². The van der Waals surface area contributed by atoms with Gasteiger partial charge in [0.1, 0.15) is 11.6 Å². The molecule has 0 unspecified atom stereocenters. The van der Waals surface area contributed by atoms with Crippen molar-refractivity contribution in [2.75, 3.05) is 0 Å². The van der Waals surface area contributed by atoms with Crippen molar-refractivity contribution in [2.45, 2.75) is 0 Å². The Morgan fingerprint density at radius 2 is 0.425 bits per heavy atom. The minimum absolute atomic E-state index is 0.815. The van der Waals surface area contributed by atoms with Gasteiger partial charge in [0.05, 0.1) is 56.2 Å². The Kier molecular flexibility index (Phi) is 11.4. The lowest BCUT2D eigenvalue weighted by Crippen LogP contribution is -2.04. The maximum absolute atomic E-state index is 5.69. The van der Waals surface area contributed by atoms with Gasteiger partial charge in [-0.1, -0.05) is 218 Å². The molecule has 80 heavy (non-hydrogen) atoms. The minimum Gasteiger partial charge on any atom is -0.294 e. The first-order chi connectivity index (χ1) is 39.6. The molecule has 374 valence electrons. The summed E-state index contributed by atoms with van der Waals surface area (Å²) in [5, 5.41) is 4.70. The number of pyridine rings is 4. The van der Waals surface area contributed by atoms with Crippen LogP contribution in [0.1, 0.15) is 0 Å². The maximum atomic E-state index is 5.69. The molecule has 0 aliphatic rings. The van der Waals surface area contributed by atoms with E-state index in [0.717, 1.165) is 124 Å². The van der Waals surface area contributed by atoms with Crippen LogP contribution in [-0.4, -0.2) is 29.1 Å². The fraction of sp³-hybridized carbons (Fsp3) is 0. The average Bonchev–Trinajstić information content (AvgIpc) is 4.26. The first-order valence-electron chi connectivity index (χ1n) is 27.0.